The normalized spacial score (nSPS) is 29.7. The van der Waals surface area contributed by atoms with Crippen LogP contribution in [0.4, 0.5) is 0 Å². The molecule has 2 unspecified atom stereocenters. The van der Waals surface area contributed by atoms with Crippen LogP contribution in [0.2, 0.25) is 0 Å². The second kappa shape index (κ2) is 5.74. The summed E-state index contributed by atoms with van der Waals surface area (Å²) in [5.74, 6) is -2.08. The van der Waals surface area contributed by atoms with Gasteiger partial charge in [-0.15, -0.1) is 0 Å². The van der Waals surface area contributed by atoms with Crippen molar-refractivity contribution in [1.82, 2.24) is 5.32 Å². The smallest absolute Gasteiger partial charge is 0.307 e. The van der Waals surface area contributed by atoms with Gasteiger partial charge in [0.25, 0.3) is 0 Å². The minimum absolute atomic E-state index is 0.138. The Balaban J connectivity index is 2.01. The van der Waals surface area contributed by atoms with Crippen molar-refractivity contribution in [3.05, 3.63) is 12.2 Å². The Morgan fingerprint density at radius 1 is 1.21 bits per heavy atom. The topological polar surface area (TPSA) is 75.6 Å². The van der Waals surface area contributed by atoms with E-state index < -0.39 is 17.8 Å². The first-order chi connectivity index (χ1) is 9.02. The van der Waals surface area contributed by atoms with Crippen molar-refractivity contribution in [2.45, 2.75) is 38.1 Å². The van der Waals surface area contributed by atoms with Crippen LogP contribution in [0.5, 0.6) is 0 Å². The van der Waals surface area contributed by atoms with Gasteiger partial charge in [-0.2, -0.15) is 0 Å². The number of carboxylic acids is 1. The minimum atomic E-state index is -0.887. The van der Waals surface area contributed by atoms with Gasteiger partial charge in [-0.3, -0.25) is 9.59 Å². The van der Waals surface area contributed by atoms with Gasteiger partial charge in [-0.25, -0.2) is 0 Å². The highest BCUT2D eigenvalue weighted by molar-refractivity contribution is 5.85. The number of ether oxygens (including phenoxy) is 1. The first-order valence-electron chi connectivity index (χ1n) is 6.79. The Labute approximate surface area is 113 Å². The van der Waals surface area contributed by atoms with Gasteiger partial charge in [0.1, 0.15) is 0 Å². The zero-order chi connectivity index (χ0) is 13.9. The number of hydrogen-bond donors (Lipinski definition) is 2. The number of amides is 1. The van der Waals surface area contributed by atoms with Gasteiger partial charge < -0.3 is 15.2 Å². The van der Waals surface area contributed by atoms with E-state index in [0.717, 1.165) is 12.8 Å². The summed E-state index contributed by atoms with van der Waals surface area (Å²) in [5, 5.41) is 12.2. The van der Waals surface area contributed by atoms with Crippen molar-refractivity contribution < 1.29 is 19.4 Å². The summed E-state index contributed by atoms with van der Waals surface area (Å²) in [6.07, 6.45) is 6.25. The Hall–Kier alpha value is -1.36. The SMILES string of the molecule is CC1(NC(=O)C2CC=CCC2C(=O)O)CCOCC1. The molecule has 1 saturated heterocycles. The third kappa shape index (κ3) is 3.35. The molecule has 0 bridgehead atoms. The van der Waals surface area contributed by atoms with Crippen LogP contribution < -0.4 is 5.32 Å². The van der Waals surface area contributed by atoms with E-state index >= 15 is 0 Å². The molecule has 1 heterocycles. The third-order valence-electron chi connectivity index (χ3n) is 4.11. The van der Waals surface area contributed by atoms with E-state index in [9.17, 15) is 14.7 Å². The fourth-order valence-electron chi connectivity index (χ4n) is 2.71. The third-order valence-corrected chi connectivity index (χ3v) is 4.11. The molecule has 5 nitrogen and oxygen atoms in total. The standard InChI is InChI=1S/C14H21NO4/c1-14(6-8-19-9-7-14)15-12(16)10-4-2-3-5-11(10)13(17)18/h2-3,10-11H,4-9H2,1H3,(H,15,16)(H,17,18). The lowest BCUT2D eigenvalue weighted by Gasteiger charge is -2.36. The largest absolute Gasteiger partial charge is 0.481 e. The quantitative estimate of drug-likeness (QED) is 0.757. The molecule has 0 radical (unpaired) electrons. The van der Waals surface area contributed by atoms with Crippen molar-refractivity contribution >= 4 is 11.9 Å². The van der Waals surface area contributed by atoms with Crippen molar-refractivity contribution in [3.63, 3.8) is 0 Å². The summed E-state index contributed by atoms with van der Waals surface area (Å²) in [7, 11) is 0. The Morgan fingerprint density at radius 3 is 2.37 bits per heavy atom. The van der Waals surface area contributed by atoms with E-state index in [2.05, 4.69) is 5.32 Å². The fourth-order valence-corrected chi connectivity index (χ4v) is 2.71. The zero-order valence-corrected chi connectivity index (χ0v) is 11.2. The average molecular weight is 267 g/mol. The van der Waals surface area contributed by atoms with E-state index in [0.29, 0.717) is 26.1 Å². The molecule has 1 aliphatic carbocycles. The van der Waals surface area contributed by atoms with E-state index in [1.54, 1.807) is 0 Å². The monoisotopic (exact) mass is 267 g/mol. The molecule has 106 valence electrons. The van der Waals surface area contributed by atoms with Gasteiger partial charge in [-0.1, -0.05) is 12.2 Å². The van der Waals surface area contributed by atoms with Crippen LogP contribution in [0, 0.1) is 11.8 Å². The molecule has 0 aromatic carbocycles. The predicted molar refractivity (Wildman–Crippen MR) is 69.6 cm³/mol. The molecule has 2 rings (SSSR count). The van der Waals surface area contributed by atoms with Gasteiger partial charge in [0.15, 0.2) is 0 Å². The van der Waals surface area contributed by atoms with Gasteiger partial charge in [0, 0.05) is 18.8 Å². The zero-order valence-electron chi connectivity index (χ0n) is 11.2. The summed E-state index contributed by atoms with van der Waals surface area (Å²) in [5.41, 5.74) is -0.264. The van der Waals surface area contributed by atoms with Gasteiger partial charge in [0.05, 0.1) is 11.8 Å². The van der Waals surface area contributed by atoms with Crippen LogP contribution in [-0.2, 0) is 14.3 Å². The summed E-state index contributed by atoms with van der Waals surface area (Å²) in [6, 6.07) is 0. The molecule has 0 spiro atoms. The van der Waals surface area contributed by atoms with E-state index in [-0.39, 0.29) is 11.4 Å². The highest BCUT2D eigenvalue weighted by Gasteiger charge is 2.37. The molecule has 0 saturated carbocycles. The molecule has 5 heteroatoms. The molecular formula is C14H21NO4. The number of aliphatic carboxylic acids is 1. The van der Waals surface area contributed by atoms with E-state index in [1.807, 2.05) is 19.1 Å². The molecule has 0 aromatic heterocycles. The van der Waals surface area contributed by atoms with Crippen molar-refractivity contribution in [3.8, 4) is 0 Å². The first-order valence-corrected chi connectivity index (χ1v) is 6.79. The Kier molecular flexibility index (Phi) is 4.24. The van der Waals surface area contributed by atoms with Crippen LogP contribution >= 0.6 is 0 Å². The Bertz CT molecular complexity index is 385. The maximum Gasteiger partial charge on any atom is 0.307 e. The second-order valence-corrected chi connectivity index (χ2v) is 5.66. The lowest BCUT2D eigenvalue weighted by molar-refractivity contribution is -0.148. The number of allylic oxidation sites excluding steroid dienone is 2. The van der Waals surface area contributed by atoms with Gasteiger partial charge in [0.2, 0.25) is 5.91 Å². The van der Waals surface area contributed by atoms with Crippen LogP contribution in [0.15, 0.2) is 12.2 Å². The van der Waals surface area contributed by atoms with Gasteiger partial charge in [-0.05, 0) is 32.6 Å². The molecular weight excluding hydrogens is 246 g/mol. The average Bonchev–Trinajstić information content (AvgIpc) is 2.39. The summed E-state index contributed by atoms with van der Waals surface area (Å²) < 4.78 is 5.29. The molecule has 19 heavy (non-hydrogen) atoms. The van der Waals surface area contributed by atoms with Crippen LogP contribution in [0.1, 0.15) is 32.6 Å². The summed E-state index contributed by atoms with van der Waals surface area (Å²) in [4.78, 5) is 23.5. The van der Waals surface area contributed by atoms with Crippen LogP contribution in [0.3, 0.4) is 0 Å². The molecule has 2 N–H and O–H groups in total. The minimum Gasteiger partial charge on any atom is -0.481 e. The lowest BCUT2D eigenvalue weighted by Crippen LogP contribution is -2.52. The molecule has 1 aliphatic heterocycles. The number of hydrogen-bond acceptors (Lipinski definition) is 3. The van der Waals surface area contributed by atoms with Crippen LogP contribution in [-0.4, -0.2) is 35.7 Å². The molecule has 1 amide bonds. The number of carbonyl (C=O) groups is 2. The van der Waals surface area contributed by atoms with Crippen molar-refractivity contribution in [2.75, 3.05) is 13.2 Å². The highest BCUT2D eigenvalue weighted by Crippen LogP contribution is 2.28. The Morgan fingerprint density at radius 2 is 1.79 bits per heavy atom. The number of carboxylic acid groups (broad SMARTS) is 1. The van der Waals surface area contributed by atoms with E-state index in [4.69, 9.17) is 4.74 Å². The first kappa shape index (κ1) is 14.1. The van der Waals surface area contributed by atoms with Crippen molar-refractivity contribution in [2.24, 2.45) is 11.8 Å². The van der Waals surface area contributed by atoms with Crippen molar-refractivity contribution in [1.29, 1.82) is 0 Å². The molecule has 2 aliphatic rings. The summed E-state index contributed by atoms with van der Waals surface area (Å²) in [6.45, 7) is 3.29. The maximum atomic E-state index is 12.3. The van der Waals surface area contributed by atoms with Gasteiger partial charge >= 0.3 is 5.97 Å². The lowest BCUT2D eigenvalue weighted by atomic mass is 9.81. The maximum absolute atomic E-state index is 12.3. The van der Waals surface area contributed by atoms with Crippen LogP contribution in [0.25, 0.3) is 0 Å². The molecule has 1 fully saturated rings. The van der Waals surface area contributed by atoms with E-state index in [1.165, 1.54) is 0 Å². The highest BCUT2D eigenvalue weighted by atomic mass is 16.5. The second-order valence-electron chi connectivity index (χ2n) is 5.66. The number of rotatable bonds is 3. The molecule has 2 atom stereocenters. The molecule has 0 aromatic rings. The number of carbonyl (C=O) groups excluding carboxylic acids is 1. The number of nitrogens with one attached hydrogen (secondary N) is 1. The summed E-state index contributed by atoms with van der Waals surface area (Å²) >= 11 is 0. The fraction of sp³-hybridized carbons (Fsp3) is 0.714. The predicted octanol–water partition coefficient (Wildman–Crippen LogP) is 1.34.